The first-order chi connectivity index (χ1) is 7.42. The molecule has 1 fully saturated rings. The summed E-state index contributed by atoms with van der Waals surface area (Å²) in [6.07, 6.45) is 0. The Balaban J connectivity index is 1.96. The number of hydrogen-bond acceptors (Lipinski definition) is 4. The van der Waals surface area contributed by atoms with E-state index in [1.54, 1.807) is 0 Å². The van der Waals surface area contributed by atoms with E-state index in [2.05, 4.69) is 47.5 Å². The van der Waals surface area contributed by atoms with Crippen LogP contribution in [0.1, 0.15) is 27.7 Å². The average molecular weight is 220 g/mol. The summed E-state index contributed by atoms with van der Waals surface area (Å²) in [5.41, 5.74) is 0.355. The fourth-order valence-corrected chi connectivity index (χ4v) is 2.85. The molecule has 88 valence electrons. The molecule has 0 amide bonds. The van der Waals surface area contributed by atoms with Crippen molar-refractivity contribution in [2.24, 2.45) is 9.98 Å². The topological polar surface area (TPSA) is 31.2 Å². The molecule has 4 heteroatoms. The number of fused-ring (bicyclic) bond motifs is 3. The zero-order chi connectivity index (χ0) is 11.6. The van der Waals surface area contributed by atoms with Crippen molar-refractivity contribution in [3.63, 3.8) is 0 Å². The van der Waals surface area contributed by atoms with Crippen LogP contribution in [0.3, 0.4) is 0 Å². The van der Waals surface area contributed by atoms with E-state index >= 15 is 0 Å². The molecule has 0 atom stereocenters. The van der Waals surface area contributed by atoms with E-state index in [4.69, 9.17) is 0 Å². The lowest BCUT2D eigenvalue weighted by atomic mass is 10.0. The molecule has 0 aromatic carbocycles. The average Bonchev–Trinajstić information content (AvgIpc) is 2.66. The monoisotopic (exact) mass is 220 g/mol. The Morgan fingerprint density at radius 2 is 1.19 bits per heavy atom. The summed E-state index contributed by atoms with van der Waals surface area (Å²) in [5.74, 6) is 2.25. The van der Waals surface area contributed by atoms with Gasteiger partial charge in [-0.1, -0.05) is 0 Å². The van der Waals surface area contributed by atoms with E-state index in [1.807, 2.05) is 0 Å². The van der Waals surface area contributed by atoms with Gasteiger partial charge in [-0.25, -0.2) is 0 Å². The van der Waals surface area contributed by atoms with Gasteiger partial charge in [0.15, 0.2) is 11.7 Å². The molecule has 0 radical (unpaired) electrons. The van der Waals surface area contributed by atoms with E-state index in [-0.39, 0.29) is 11.1 Å². The number of aliphatic imine (C=N–C) groups is 2. The van der Waals surface area contributed by atoms with Gasteiger partial charge in [0.1, 0.15) is 0 Å². The van der Waals surface area contributed by atoms with Crippen LogP contribution in [0.5, 0.6) is 0 Å². The van der Waals surface area contributed by atoms with Crippen LogP contribution in [-0.2, 0) is 0 Å². The molecule has 3 aliphatic heterocycles. The van der Waals surface area contributed by atoms with Crippen LogP contribution in [0.4, 0.5) is 0 Å². The van der Waals surface area contributed by atoms with Gasteiger partial charge >= 0.3 is 0 Å². The van der Waals surface area contributed by atoms with E-state index in [0.717, 1.165) is 37.9 Å². The summed E-state index contributed by atoms with van der Waals surface area (Å²) in [7, 11) is 0. The van der Waals surface area contributed by atoms with E-state index in [1.165, 1.54) is 0 Å². The molecule has 0 saturated carbocycles. The second-order valence-corrected chi connectivity index (χ2v) is 6.21. The molecule has 0 N–H and O–H groups in total. The lowest BCUT2D eigenvalue weighted by Gasteiger charge is -2.44. The largest absolute Gasteiger partial charge is 0.345 e. The maximum atomic E-state index is 4.69. The molecule has 0 aromatic heterocycles. The summed E-state index contributed by atoms with van der Waals surface area (Å²) in [6.45, 7) is 13.0. The predicted octanol–water partition coefficient (Wildman–Crippen LogP) is 0.985. The summed E-state index contributed by atoms with van der Waals surface area (Å²) >= 11 is 0. The highest BCUT2D eigenvalue weighted by molar-refractivity contribution is 6.41. The van der Waals surface area contributed by atoms with Gasteiger partial charge in [0.05, 0.1) is 24.2 Å². The first-order valence-electron chi connectivity index (χ1n) is 6.06. The van der Waals surface area contributed by atoms with Crippen molar-refractivity contribution in [3.05, 3.63) is 0 Å². The van der Waals surface area contributed by atoms with Crippen LogP contribution in [0, 0.1) is 0 Å². The molecule has 0 spiro atoms. The molecule has 0 bridgehead atoms. The summed E-state index contributed by atoms with van der Waals surface area (Å²) < 4.78 is 0. The van der Waals surface area contributed by atoms with Crippen LogP contribution in [0.2, 0.25) is 0 Å². The lowest BCUT2D eigenvalue weighted by Crippen LogP contribution is -2.60. The number of hydrogen-bond donors (Lipinski definition) is 0. The molecule has 3 aliphatic rings. The minimum absolute atomic E-state index is 0.177. The second kappa shape index (κ2) is 2.79. The van der Waals surface area contributed by atoms with E-state index in [9.17, 15) is 0 Å². The van der Waals surface area contributed by atoms with Crippen LogP contribution < -0.4 is 0 Å². The maximum Gasteiger partial charge on any atom is 0.167 e. The van der Waals surface area contributed by atoms with Crippen molar-refractivity contribution >= 4 is 11.7 Å². The Labute approximate surface area is 97.0 Å². The normalized spacial score (nSPS) is 29.8. The van der Waals surface area contributed by atoms with Crippen molar-refractivity contribution in [3.8, 4) is 0 Å². The third-order valence-electron chi connectivity index (χ3n) is 3.95. The number of piperazine rings is 1. The molecule has 4 nitrogen and oxygen atoms in total. The molecule has 0 aromatic rings. The van der Waals surface area contributed by atoms with Crippen LogP contribution in [0.15, 0.2) is 9.98 Å². The van der Waals surface area contributed by atoms with Gasteiger partial charge < -0.3 is 9.80 Å². The van der Waals surface area contributed by atoms with Gasteiger partial charge in [0, 0.05) is 13.1 Å². The first kappa shape index (κ1) is 10.1. The Hall–Kier alpha value is -1.06. The number of amidine groups is 2. The Morgan fingerprint density at radius 3 is 1.56 bits per heavy atom. The van der Waals surface area contributed by atoms with Crippen molar-refractivity contribution in [1.82, 2.24) is 9.80 Å². The molecule has 0 aliphatic carbocycles. The second-order valence-electron chi connectivity index (χ2n) is 6.21. The van der Waals surface area contributed by atoms with Crippen molar-refractivity contribution in [2.45, 2.75) is 38.8 Å². The minimum atomic E-state index is 0.177. The first-order valence-corrected chi connectivity index (χ1v) is 6.06. The van der Waals surface area contributed by atoms with Crippen LogP contribution >= 0.6 is 0 Å². The lowest BCUT2D eigenvalue weighted by molar-refractivity contribution is 0.175. The smallest absolute Gasteiger partial charge is 0.167 e. The SMILES string of the molecule is CC1(C)CN=C2C3=NCC(C)(C)N3CCN21. The van der Waals surface area contributed by atoms with Crippen molar-refractivity contribution in [2.75, 3.05) is 26.2 Å². The quantitative estimate of drug-likeness (QED) is 0.609. The third kappa shape index (κ3) is 1.16. The Kier molecular flexibility index (Phi) is 1.76. The van der Waals surface area contributed by atoms with Crippen molar-refractivity contribution in [1.29, 1.82) is 0 Å². The van der Waals surface area contributed by atoms with Crippen LogP contribution in [-0.4, -0.2) is 58.7 Å². The predicted molar refractivity (Wildman–Crippen MR) is 66.2 cm³/mol. The van der Waals surface area contributed by atoms with E-state index in [0.29, 0.717) is 0 Å². The van der Waals surface area contributed by atoms with Gasteiger partial charge in [0.25, 0.3) is 0 Å². The molecule has 16 heavy (non-hydrogen) atoms. The maximum absolute atomic E-state index is 4.69. The van der Waals surface area contributed by atoms with Gasteiger partial charge in [-0.3, -0.25) is 9.98 Å². The highest BCUT2D eigenvalue weighted by Crippen LogP contribution is 2.32. The van der Waals surface area contributed by atoms with E-state index < -0.39 is 0 Å². The minimum Gasteiger partial charge on any atom is -0.345 e. The molecular weight excluding hydrogens is 200 g/mol. The molecule has 0 unspecified atom stereocenters. The zero-order valence-corrected chi connectivity index (χ0v) is 10.6. The number of nitrogens with zero attached hydrogens (tertiary/aromatic N) is 4. The fourth-order valence-electron chi connectivity index (χ4n) is 2.85. The van der Waals surface area contributed by atoms with Gasteiger partial charge in [-0.05, 0) is 27.7 Å². The summed E-state index contributed by atoms with van der Waals surface area (Å²) in [6, 6.07) is 0. The highest BCUT2D eigenvalue weighted by atomic mass is 15.4. The Bertz CT molecular complexity index is 354. The highest BCUT2D eigenvalue weighted by Gasteiger charge is 2.46. The van der Waals surface area contributed by atoms with Gasteiger partial charge in [0.2, 0.25) is 0 Å². The molecule has 3 rings (SSSR count). The number of rotatable bonds is 0. The van der Waals surface area contributed by atoms with Gasteiger partial charge in [-0.15, -0.1) is 0 Å². The zero-order valence-electron chi connectivity index (χ0n) is 10.6. The van der Waals surface area contributed by atoms with Crippen LogP contribution in [0.25, 0.3) is 0 Å². The third-order valence-corrected chi connectivity index (χ3v) is 3.95. The van der Waals surface area contributed by atoms with Gasteiger partial charge in [-0.2, -0.15) is 0 Å². The summed E-state index contributed by atoms with van der Waals surface area (Å²) in [4.78, 5) is 14.2. The van der Waals surface area contributed by atoms with Crippen molar-refractivity contribution < 1.29 is 0 Å². The standard InChI is InChI=1S/C12H20N4/c1-11(2)7-13-9-10-14-8-12(3,4)16(10)6-5-15(9)11/h5-8H2,1-4H3. The molecule has 1 saturated heterocycles. The molecular formula is C12H20N4. The molecule has 3 heterocycles. The Morgan fingerprint density at radius 1 is 0.812 bits per heavy atom. The summed E-state index contributed by atoms with van der Waals surface area (Å²) in [5, 5.41) is 0. The fraction of sp³-hybridized carbons (Fsp3) is 0.833.